The van der Waals surface area contributed by atoms with E-state index in [0.29, 0.717) is 5.89 Å². The third-order valence-electron chi connectivity index (χ3n) is 2.96. The average molecular weight is 276 g/mol. The lowest BCUT2D eigenvalue weighted by molar-refractivity contribution is 0.312. The van der Waals surface area contributed by atoms with E-state index in [9.17, 15) is 0 Å². The van der Waals surface area contributed by atoms with Gasteiger partial charge in [0.25, 0.3) is 0 Å². The molecular formula is C15H20N2O3. The molecule has 0 unspecified atom stereocenters. The number of rotatable bonds is 6. The molecule has 0 spiro atoms. The first-order valence-electron chi connectivity index (χ1n) is 6.42. The molecule has 0 aliphatic heterocycles. The summed E-state index contributed by atoms with van der Waals surface area (Å²) < 4.78 is 15.8. The summed E-state index contributed by atoms with van der Waals surface area (Å²) in [6.45, 7) is 3.35. The molecule has 5 nitrogen and oxygen atoms in total. The average Bonchev–Trinajstić information content (AvgIpc) is 2.83. The van der Waals surface area contributed by atoms with E-state index in [2.05, 4.69) is 9.88 Å². The SMILES string of the molecule is COc1cc(CN(C)Cc2coc(C)n2)cc(OC)c1. The van der Waals surface area contributed by atoms with E-state index in [1.54, 1.807) is 20.5 Å². The van der Waals surface area contributed by atoms with Crippen molar-refractivity contribution in [2.45, 2.75) is 20.0 Å². The molecule has 0 amide bonds. The molecule has 108 valence electrons. The largest absolute Gasteiger partial charge is 0.497 e. The minimum Gasteiger partial charge on any atom is -0.497 e. The molecule has 0 saturated carbocycles. The van der Waals surface area contributed by atoms with Crippen molar-refractivity contribution in [3.63, 3.8) is 0 Å². The standard InChI is InChI=1S/C15H20N2O3/c1-11-16-13(10-20-11)9-17(2)8-12-5-14(18-3)7-15(6-12)19-4/h5-7,10H,8-9H2,1-4H3. The van der Waals surface area contributed by atoms with Crippen LogP contribution in [0.5, 0.6) is 11.5 Å². The van der Waals surface area contributed by atoms with Crippen LogP contribution in [0.3, 0.4) is 0 Å². The third kappa shape index (κ3) is 3.74. The first-order valence-corrected chi connectivity index (χ1v) is 6.42. The van der Waals surface area contributed by atoms with E-state index in [0.717, 1.165) is 35.8 Å². The number of benzene rings is 1. The minimum absolute atomic E-state index is 0.691. The molecule has 0 aliphatic rings. The van der Waals surface area contributed by atoms with Gasteiger partial charge in [-0.25, -0.2) is 4.98 Å². The topological polar surface area (TPSA) is 47.7 Å². The lowest BCUT2D eigenvalue weighted by Crippen LogP contribution is -2.17. The van der Waals surface area contributed by atoms with Gasteiger partial charge in [0.05, 0.1) is 19.9 Å². The van der Waals surface area contributed by atoms with Gasteiger partial charge in [-0.1, -0.05) is 0 Å². The zero-order chi connectivity index (χ0) is 14.5. The molecule has 0 saturated heterocycles. The van der Waals surface area contributed by atoms with Crippen LogP contribution in [0.2, 0.25) is 0 Å². The highest BCUT2D eigenvalue weighted by Crippen LogP contribution is 2.23. The van der Waals surface area contributed by atoms with E-state index < -0.39 is 0 Å². The Morgan fingerprint density at radius 1 is 1.10 bits per heavy atom. The van der Waals surface area contributed by atoms with Crippen molar-refractivity contribution >= 4 is 0 Å². The first kappa shape index (κ1) is 14.4. The fourth-order valence-electron chi connectivity index (χ4n) is 2.08. The van der Waals surface area contributed by atoms with Crippen molar-refractivity contribution in [3.05, 3.63) is 41.6 Å². The molecule has 0 radical (unpaired) electrons. The Hall–Kier alpha value is -2.01. The van der Waals surface area contributed by atoms with Crippen molar-refractivity contribution in [2.24, 2.45) is 0 Å². The summed E-state index contributed by atoms with van der Waals surface area (Å²) in [5.74, 6) is 2.28. The maximum atomic E-state index is 5.27. The first-order chi connectivity index (χ1) is 9.60. The lowest BCUT2D eigenvalue weighted by Gasteiger charge is -2.16. The number of hydrogen-bond donors (Lipinski definition) is 0. The molecule has 20 heavy (non-hydrogen) atoms. The van der Waals surface area contributed by atoms with Gasteiger partial charge in [-0.05, 0) is 24.7 Å². The molecule has 0 fully saturated rings. The summed E-state index contributed by atoms with van der Waals surface area (Å²) in [7, 11) is 5.34. The zero-order valence-corrected chi connectivity index (χ0v) is 12.3. The zero-order valence-electron chi connectivity index (χ0n) is 12.3. The molecule has 0 aliphatic carbocycles. The third-order valence-corrected chi connectivity index (χ3v) is 2.96. The van der Waals surface area contributed by atoms with Crippen molar-refractivity contribution in [2.75, 3.05) is 21.3 Å². The summed E-state index contributed by atoms with van der Waals surface area (Å²) in [6.07, 6.45) is 1.69. The van der Waals surface area contributed by atoms with Crippen molar-refractivity contribution in [1.82, 2.24) is 9.88 Å². The summed E-state index contributed by atoms with van der Waals surface area (Å²) in [6, 6.07) is 5.88. The van der Waals surface area contributed by atoms with Gasteiger partial charge in [0.1, 0.15) is 17.8 Å². The van der Waals surface area contributed by atoms with Crippen LogP contribution in [0.4, 0.5) is 0 Å². The van der Waals surface area contributed by atoms with Gasteiger partial charge in [-0.3, -0.25) is 4.90 Å². The molecular weight excluding hydrogens is 256 g/mol. The Bertz CT molecular complexity index is 544. The highest BCUT2D eigenvalue weighted by atomic mass is 16.5. The lowest BCUT2D eigenvalue weighted by atomic mass is 10.2. The normalized spacial score (nSPS) is 10.8. The van der Waals surface area contributed by atoms with Gasteiger partial charge in [-0.2, -0.15) is 0 Å². The van der Waals surface area contributed by atoms with E-state index in [-0.39, 0.29) is 0 Å². The van der Waals surface area contributed by atoms with E-state index in [1.165, 1.54) is 0 Å². The molecule has 1 heterocycles. The number of hydrogen-bond acceptors (Lipinski definition) is 5. The summed E-state index contributed by atoms with van der Waals surface area (Å²) >= 11 is 0. The van der Waals surface area contributed by atoms with Gasteiger partial charge in [0.15, 0.2) is 5.89 Å². The molecule has 2 aromatic rings. The molecule has 0 N–H and O–H groups in total. The summed E-state index contributed by atoms with van der Waals surface area (Å²) in [5, 5.41) is 0. The summed E-state index contributed by atoms with van der Waals surface area (Å²) in [5.41, 5.74) is 2.06. The predicted molar refractivity (Wildman–Crippen MR) is 76.0 cm³/mol. The predicted octanol–water partition coefficient (Wildman–Crippen LogP) is 2.63. The Kier molecular flexibility index (Phi) is 4.63. The highest BCUT2D eigenvalue weighted by molar-refractivity contribution is 5.38. The van der Waals surface area contributed by atoms with Crippen LogP contribution in [0.15, 0.2) is 28.9 Å². The van der Waals surface area contributed by atoms with Gasteiger partial charge in [0, 0.05) is 26.1 Å². The number of methoxy groups -OCH3 is 2. The molecule has 5 heteroatoms. The van der Waals surface area contributed by atoms with Crippen LogP contribution in [0, 0.1) is 6.92 Å². The maximum Gasteiger partial charge on any atom is 0.191 e. The van der Waals surface area contributed by atoms with Crippen LogP contribution in [-0.2, 0) is 13.1 Å². The van der Waals surface area contributed by atoms with Gasteiger partial charge < -0.3 is 13.9 Å². The van der Waals surface area contributed by atoms with Crippen LogP contribution >= 0.6 is 0 Å². The fraction of sp³-hybridized carbons (Fsp3) is 0.400. The van der Waals surface area contributed by atoms with E-state index >= 15 is 0 Å². The number of aromatic nitrogens is 1. The quantitative estimate of drug-likeness (QED) is 0.811. The molecule has 0 bridgehead atoms. The van der Waals surface area contributed by atoms with Gasteiger partial charge in [-0.15, -0.1) is 0 Å². The van der Waals surface area contributed by atoms with Gasteiger partial charge >= 0.3 is 0 Å². The second kappa shape index (κ2) is 6.43. The van der Waals surface area contributed by atoms with E-state index in [4.69, 9.17) is 13.9 Å². The minimum atomic E-state index is 0.691. The second-order valence-corrected chi connectivity index (χ2v) is 4.75. The fourth-order valence-corrected chi connectivity index (χ4v) is 2.08. The summed E-state index contributed by atoms with van der Waals surface area (Å²) in [4.78, 5) is 6.46. The van der Waals surface area contributed by atoms with Crippen LogP contribution in [0.1, 0.15) is 17.1 Å². The number of nitrogens with zero attached hydrogens (tertiary/aromatic N) is 2. The Balaban J connectivity index is 2.04. The van der Waals surface area contributed by atoms with E-state index in [1.807, 2.05) is 32.2 Å². The number of oxazole rings is 1. The Labute approximate surface area is 119 Å². The van der Waals surface area contributed by atoms with Crippen molar-refractivity contribution < 1.29 is 13.9 Å². The Morgan fingerprint density at radius 2 is 1.75 bits per heavy atom. The number of ether oxygens (including phenoxy) is 2. The smallest absolute Gasteiger partial charge is 0.191 e. The van der Waals surface area contributed by atoms with Crippen LogP contribution in [-0.4, -0.2) is 31.2 Å². The van der Waals surface area contributed by atoms with Crippen LogP contribution < -0.4 is 9.47 Å². The van der Waals surface area contributed by atoms with Crippen LogP contribution in [0.25, 0.3) is 0 Å². The van der Waals surface area contributed by atoms with Gasteiger partial charge in [0.2, 0.25) is 0 Å². The molecule has 1 aromatic heterocycles. The highest BCUT2D eigenvalue weighted by Gasteiger charge is 2.08. The van der Waals surface area contributed by atoms with Crippen molar-refractivity contribution in [3.8, 4) is 11.5 Å². The Morgan fingerprint density at radius 3 is 2.25 bits per heavy atom. The maximum absolute atomic E-state index is 5.27. The molecule has 1 aromatic carbocycles. The van der Waals surface area contributed by atoms with Crippen molar-refractivity contribution in [1.29, 1.82) is 0 Å². The second-order valence-electron chi connectivity index (χ2n) is 4.75. The monoisotopic (exact) mass is 276 g/mol. The molecule has 0 atom stereocenters. The molecule has 2 rings (SSSR count). The number of aryl methyl sites for hydroxylation is 1.